The van der Waals surface area contributed by atoms with Gasteiger partial charge in [0.25, 0.3) is 5.56 Å². The van der Waals surface area contributed by atoms with E-state index in [0.717, 1.165) is 0 Å². The Hall–Kier alpha value is -2.72. The highest BCUT2D eigenvalue weighted by Crippen LogP contribution is 2.30. The van der Waals surface area contributed by atoms with Gasteiger partial charge in [-0.2, -0.15) is 5.10 Å². The summed E-state index contributed by atoms with van der Waals surface area (Å²) < 4.78 is 29.8. The van der Waals surface area contributed by atoms with E-state index in [4.69, 9.17) is 9.88 Å². The number of methoxy groups -OCH3 is 1. The van der Waals surface area contributed by atoms with Gasteiger partial charge in [-0.25, -0.2) is 18.5 Å². The van der Waals surface area contributed by atoms with Gasteiger partial charge in [0.1, 0.15) is 17.1 Å². The molecular weight excluding hydrogens is 358 g/mol. The number of sulfonamides is 1. The molecule has 0 amide bonds. The lowest BCUT2D eigenvalue weighted by atomic mass is 10.2. The van der Waals surface area contributed by atoms with Crippen molar-refractivity contribution in [2.24, 2.45) is 12.2 Å². The summed E-state index contributed by atoms with van der Waals surface area (Å²) in [4.78, 5) is 19.3. The van der Waals surface area contributed by atoms with Crippen LogP contribution in [0.5, 0.6) is 5.75 Å². The van der Waals surface area contributed by atoms with Crippen LogP contribution in [-0.2, 0) is 17.1 Å². The topological polar surface area (TPSA) is 133 Å². The fraction of sp³-hybridized carbons (Fsp3) is 0.312. The largest absolute Gasteiger partial charge is 0.496 e. The molecule has 3 N–H and O–H groups in total. The summed E-state index contributed by atoms with van der Waals surface area (Å²) in [6.07, 6.45) is 0. The molecule has 2 heterocycles. The molecule has 3 aromatic rings. The van der Waals surface area contributed by atoms with E-state index in [-0.39, 0.29) is 16.3 Å². The summed E-state index contributed by atoms with van der Waals surface area (Å²) in [6.45, 7) is 5.73. The van der Waals surface area contributed by atoms with E-state index >= 15 is 0 Å². The number of aromatic nitrogens is 4. The monoisotopic (exact) mass is 379 g/mol. The third-order valence-corrected chi connectivity index (χ3v) is 4.53. The number of nitrogens with one attached hydrogen (secondary N) is 1. The van der Waals surface area contributed by atoms with E-state index in [1.54, 1.807) is 14.0 Å². The summed E-state index contributed by atoms with van der Waals surface area (Å²) in [7, 11) is -0.828. The van der Waals surface area contributed by atoms with E-state index in [0.29, 0.717) is 28.0 Å². The Kier molecular flexibility index (Phi) is 5.47. The molecule has 1 aromatic carbocycles. The lowest BCUT2D eigenvalue weighted by molar-refractivity contribution is 0.416. The highest BCUT2D eigenvalue weighted by molar-refractivity contribution is 7.89. The molecule has 0 bridgehead atoms. The van der Waals surface area contributed by atoms with Gasteiger partial charge < -0.3 is 9.72 Å². The third kappa shape index (κ3) is 3.46. The number of nitrogens with two attached hydrogens (primary N) is 1. The standard InChI is InChI=1S/C14H15N5O4S.C2H6/c1-7-11-12(19(2)18-7)14(20)17-13(16-11)9-6-8(24(15,21)22)4-5-10(9)23-3;1-2/h4-6H,1-3H3,(H2,15,21,22)(H,16,17,20);1-2H3. The molecule has 0 radical (unpaired) electrons. The van der Waals surface area contributed by atoms with Gasteiger partial charge in [-0.3, -0.25) is 9.48 Å². The van der Waals surface area contributed by atoms with Gasteiger partial charge in [0, 0.05) is 7.05 Å². The van der Waals surface area contributed by atoms with Gasteiger partial charge in [-0.15, -0.1) is 0 Å². The predicted molar refractivity (Wildman–Crippen MR) is 98.6 cm³/mol. The SMILES string of the molecule is CC.COc1ccc(S(N)(=O)=O)cc1-c1nc2c(C)nn(C)c2c(=O)[nH]1. The average molecular weight is 379 g/mol. The molecule has 10 heteroatoms. The predicted octanol–water partition coefficient (Wildman–Crippen LogP) is 1.31. The van der Waals surface area contributed by atoms with Crippen molar-refractivity contribution >= 4 is 21.1 Å². The maximum Gasteiger partial charge on any atom is 0.277 e. The van der Waals surface area contributed by atoms with Gasteiger partial charge in [0.2, 0.25) is 10.0 Å². The van der Waals surface area contributed by atoms with Crippen molar-refractivity contribution in [3.05, 3.63) is 34.2 Å². The number of hydrogen-bond donors (Lipinski definition) is 2. The van der Waals surface area contributed by atoms with E-state index in [1.165, 1.54) is 30.0 Å². The minimum atomic E-state index is -3.91. The number of aromatic amines is 1. The molecule has 0 aliphatic rings. The van der Waals surface area contributed by atoms with Crippen LogP contribution < -0.4 is 15.4 Å². The molecule has 0 unspecified atom stereocenters. The second-order valence-electron chi connectivity index (χ2n) is 5.23. The number of hydrogen-bond acceptors (Lipinski definition) is 6. The number of ether oxygens (including phenoxy) is 1. The molecule has 9 nitrogen and oxygen atoms in total. The first kappa shape index (κ1) is 19.6. The van der Waals surface area contributed by atoms with E-state index in [2.05, 4.69) is 15.1 Å². The van der Waals surface area contributed by atoms with Crippen molar-refractivity contribution < 1.29 is 13.2 Å². The Bertz CT molecular complexity index is 1120. The molecule has 2 aromatic heterocycles. The number of nitrogens with zero attached hydrogens (tertiary/aromatic N) is 3. The molecule has 0 fully saturated rings. The molecule has 0 atom stereocenters. The number of fused-ring (bicyclic) bond motifs is 1. The normalized spacial score (nSPS) is 11.2. The quantitative estimate of drug-likeness (QED) is 0.705. The fourth-order valence-corrected chi connectivity index (χ4v) is 3.06. The zero-order valence-corrected chi connectivity index (χ0v) is 16.0. The Morgan fingerprint density at radius 2 is 1.92 bits per heavy atom. The molecule has 3 rings (SSSR count). The van der Waals surface area contributed by atoms with Gasteiger partial charge in [0.15, 0.2) is 5.52 Å². The molecular formula is C16H21N5O4S. The van der Waals surface area contributed by atoms with Crippen molar-refractivity contribution in [2.75, 3.05) is 7.11 Å². The Balaban J connectivity index is 0.00000117. The average Bonchev–Trinajstić information content (AvgIpc) is 2.89. The zero-order chi connectivity index (χ0) is 19.6. The minimum Gasteiger partial charge on any atom is -0.496 e. The second kappa shape index (κ2) is 7.26. The molecule has 0 saturated carbocycles. The summed E-state index contributed by atoms with van der Waals surface area (Å²) in [5.41, 5.74) is 1.27. The van der Waals surface area contributed by atoms with E-state index in [9.17, 15) is 13.2 Å². The first-order chi connectivity index (χ1) is 12.2. The Morgan fingerprint density at radius 1 is 1.27 bits per heavy atom. The fourth-order valence-electron chi connectivity index (χ4n) is 2.52. The molecule has 0 aliphatic heterocycles. The Morgan fingerprint density at radius 3 is 2.50 bits per heavy atom. The van der Waals surface area contributed by atoms with Crippen LogP contribution in [-0.4, -0.2) is 35.3 Å². The molecule has 0 spiro atoms. The van der Waals surface area contributed by atoms with E-state index < -0.39 is 10.0 Å². The maximum atomic E-state index is 12.3. The van der Waals surface area contributed by atoms with Crippen molar-refractivity contribution in [3.63, 3.8) is 0 Å². The highest BCUT2D eigenvalue weighted by Gasteiger charge is 2.18. The number of primary sulfonamides is 1. The number of H-pyrrole nitrogens is 1. The van der Waals surface area contributed by atoms with Crippen molar-refractivity contribution in [1.29, 1.82) is 0 Å². The van der Waals surface area contributed by atoms with Crippen LogP contribution >= 0.6 is 0 Å². The first-order valence-electron chi connectivity index (χ1n) is 7.87. The lowest BCUT2D eigenvalue weighted by Crippen LogP contribution is -2.14. The molecule has 140 valence electrons. The smallest absolute Gasteiger partial charge is 0.277 e. The van der Waals surface area contributed by atoms with Crippen molar-refractivity contribution in [3.8, 4) is 17.1 Å². The van der Waals surface area contributed by atoms with Crippen LogP contribution in [0.3, 0.4) is 0 Å². The maximum absolute atomic E-state index is 12.3. The van der Waals surface area contributed by atoms with Gasteiger partial charge in [-0.1, -0.05) is 13.8 Å². The van der Waals surface area contributed by atoms with E-state index in [1.807, 2.05) is 13.8 Å². The lowest BCUT2D eigenvalue weighted by Gasteiger charge is -2.09. The minimum absolute atomic E-state index is 0.107. The van der Waals surface area contributed by atoms with Crippen LogP contribution in [0.15, 0.2) is 27.9 Å². The van der Waals surface area contributed by atoms with Gasteiger partial charge >= 0.3 is 0 Å². The second-order valence-corrected chi connectivity index (χ2v) is 6.79. The van der Waals surface area contributed by atoms with Crippen LogP contribution in [0.4, 0.5) is 0 Å². The number of aryl methyl sites for hydroxylation is 2. The van der Waals surface area contributed by atoms with Crippen molar-refractivity contribution in [2.45, 2.75) is 25.7 Å². The Labute approximate surface area is 150 Å². The summed E-state index contributed by atoms with van der Waals surface area (Å²) in [5.74, 6) is 0.525. The summed E-state index contributed by atoms with van der Waals surface area (Å²) in [6, 6.07) is 4.09. The van der Waals surface area contributed by atoms with Crippen LogP contribution in [0.25, 0.3) is 22.4 Å². The summed E-state index contributed by atoms with van der Waals surface area (Å²) >= 11 is 0. The van der Waals surface area contributed by atoms with Gasteiger partial charge in [-0.05, 0) is 25.1 Å². The van der Waals surface area contributed by atoms with Crippen LogP contribution in [0.1, 0.15) is 19.5 Å². The van der Waals surface area contributed by atoms with Gasteiger partial charge in [0.05, 0.1) is 23.3 Å². The number of benzene rings is 1. The molecule has 26 heavy (non-hydrogen) atoms. The third-order valence-electron chi connectivity index (χ3n) is 3.62. The van der Waals surface area contributed by atoms with Crippen LogP contribution in [0, 0.1) is 6.92 Å². The highest BCUT2D eigenvalue weighted by atomic mass is 32.2. The van der Waals surface area contributed by atoms with Crippen LogP contribution in [0.2, 0.25) is 0 Å². The zero-order valence-electron chi connectivity index (χ0n) is 15.2. The van der Waals surface area contributed by atoms with Crippen molar-refractivity contribution in [1.82, 2.24) is 19.7 Å². The number of rotatable bonds is 3. The molecule has 0 aliphatic carbocycles. The molecule has 0 saturated heterocycles. The summed E-state index contributed by atoms with van der Waals surface area (Å²) in [5, 5.41) is 9.34. The first-order valence-corrected chi connectivity index (χ1v) is 9.42.